The summed E-state index contributed by atoms with van der Waals surface area (Å²) in [7, 11) is 1.26. The van der Waals surface area contributed by atoms with Gasteiger partial charge < -0.3 is 9.88 Å². The number of sulfonamides is 1. The molecule has 0 bridgehead atoms. The summed E-state index contributed by atoms with van der Waals surface area (Å²) < 4.78 is 27.7. The molecule has 0 radical (unpaired) electrons. The number of para-hydroxylation sites is 1. The van der Waals surface area contributed by atoms with Crippen LogP contribution in [-0.4, -0.2) is 47.4 Å². The molecule has 0 saturated heterocycles. The van der Waals surface area contributed by atoms with Crippen LogP contribution in [0.5, 0.6) is 0 Å². The van der Waals surface area contributed by atoms with Crippen molar-refractivity contribution >= 4 is 50.0 Å². The Labute approximate surface area is 186 Å². The lowest BCUT2D eigenvalue weighted by Gasteiger charge is -2.11. The number of anilines is 1. The number of thiocarbonyl (C=S) groups is 1. The van der Waals surface area contributed by atoms with Crippen molar-refractivity contribution in [3.8, 4) is 0 Å². The van der Waals surface area contributed by atoms with Crippen molar-refractivity contribution in [2.45, 2.75) is 17.7 Å². The molecule has 3 rings (SSSR count). The van der Waals surface area contributed by atoms with E-state index in [1.165, 1.54) is 14.1 Å². The highest BCUT2D eigenvalue weighted by atomic mass is 32.2. The second-order valence-electron chi connectivity index (χ2n) is 7.02. The van der Waals surface area contributed by atoms with E-state index < -0.39 is 10.0 Å². The van der Waals surface area contributed by atoms with Gasteiger partial charge in [0.25, 0.3) is 0 Å². The second-order valence-corrected chi connectivity index (χ2v) is 9.58. The molecule has 1 heterocycles. The van der Waals surface area contributed by atoms with Gasteiger partial charge in [0.2, 0.25) is 15.9 Å². The highest BCUT2D eigenvalue weighted by molar-refractivity contribution is 7.89. The Morgan fingerprint density at radius 3 is 2.52 bits per heavy atom. The standard InChI is InChI=1S/C20H24N6O3S2/c1-25(2)31(28,29)15-9-10-17-16(13-15)22-18(26(17)3)11-12-19(27)23-24-20(30)21-14-7-5-4-6-8-14/h4-10,13H,11-12H2,1-3H3,(H,23,27)(H2,21,24,30). The van der Waals surface area contributed by atoms with Gasteiger partial charge in [0.05, 0.1) is 15.9 Å². The average Bonchev–Trinajstić information content (AvgIpc) is 3.06. The Morgan fingerprint density at radius 1 is 1.13 bits per heavy atom. The van der Waals surface area contributed by atoms with Crippen LogP contribution in [0.1, 0.15) is 12.2 Å². The van der Waals surface area contributed by atoms with Crippen molar-refractivity contribution in [1.82, 2.24) is 24.7 Å². The maximum atomic E-state index is 12.3. The lowest BCUT2D eigenvalue weighted by Crippen LogP contribution is -2.43. The summed E-state index contributed by atoms with van der Waals surface area (Å²) >= 11 is 5.15. The third kappa shape index (κ3) is 5.37. The van der Waals surface area contributed by atoms with E-state index in [1.54, 1.807) is 18.2 Å². The lowest BCUT2D eigenvalue weighted by molar-refractivity contribution is -0.121. The second kappa shape index (κ2) is 9.41. The summed E-state index contributed by atoms with van der Waals surface area (Å²) in [6.07, 6.45) is 0.564. The molecular formula is C20H24N6O3S2. The zero-order valence-corrected chi connectivity index (χ0v) is 19.0. The Morgan fingerprint density at radius 2 is 1.84 bits per heavy atom. The summed E-state index contributed by atoms with van der Waals surface area (Å²) in [6, 6.07) is 14.2. The normalized spacial score (nSPS) is 11.5. The smallest absolute Gasteiger partial charge is 0.242 e. The van der Waals surface area contributed by atoms with Gasteiger partial charge in [-0.15, -0.1) is 0 Å². The minimum Gasteiger partial charge on any atom is -0.331 e. The number of carbonyl (C=O) groups excluding carboxylic acids is 1. The molecule has 0 atom stereocenters. The molecule has 0 spiro atoms. The minimum absolute atomic E-state index is 0.177. The van der Waals surface area contributed by atoms with Crippen molar-refractivity contribution in [2.24, 2.45) is 7.05 Å². The van der Waals surface area contributed by atoms with Crippen molar-refractivity contribution < 1.29 is 13.2 Å². The molecule has 0 aliphatic carbocycles. The monoisotopic (exact) mass is 460 g/mol. The van der Waals surface area contributed by atoms with Gasteiger partial charge in [-0.1, -0.05) is 18.2 Å². The van der Waals surface area contributed by atoms with Crippen molar-refractivity contribution in [3.05, 3.63) is 54.4 Å². The molecule has 3 aromatic rings. The molecule has 2 aromatic carbocycles. The van der Waals surface area contributed by atoms with Gasteiger partial charge in [0, 0.05) is 39.7 Å². The number of imidazole rings is 1. The quantitative estimate of drug-likeness (QED) is 0.380. The van der Waals surface area contributed by atoms with E-state index in [0.717, 1.165) is 15.5 Å². The fourth-order valence-corrected chi connectivity index (χ4v) is 4.01. The van der Waals surface area contributed by atoms with E-state index >= 15 is 0 Å². The third-order valence-corrected chi connectivity index (χ3v) is 6.66. The zero-order chi connectivity index (χ0) is 22.6. The number of nitrogens with one attached hydrogen (secondary N) is 3. The number of aryl methyl sites for hydroxylation is 2. The van der Waals surface area contributed by atoms with Gasteiger partial charge >= 0.3 is 0 Å². The molecule has 0 unspecified atom stereocenters. The molecular weight excluding hydrogens is 436 g/mol. The van der Waals surface area contributed by atoms with Gasteiger partial charge in [-0.3, -0.25) is 15.6 Å². The lowest BCUT2D eigenvalue weighted by atomic mass is 10.3. The maximum absolute atomic E-state index is 12.3. The van der Waals surface area contributed by atoms with Crippen LogP contribution in [0.2, 0.25) is 0 Å². The van der Waals surface area contributed by atoms with Crippen LogP contribution in [0.25, 0.3) is 11.0 Å². The number of aromatic nitrogens is 2. The van der Waals surface area contributed by atoms with Gasteiger partial charge in [-0.25, -0.2) is 17.7 Å². The summed E-state index contributed by atoms with van der Waals surface area (Å²) in [5.74, 6) is 0.426. The maximum Gasteiger partial charge on any atom is 0.242 e. The van der Waals surface area contributed by atoms with E-state index in [1.807, 2.05) is 41.9 Å². The van der Waals surface area contributed by atoms with E-state index in [9.17, 15) is 13.2 Å². The van der Waals surface area contributed by atoms with Crippen LogP contribution in [0.4, 0.5) is 5.69 Å². The fraction of sp³-hybridized carbons (Fsp3) is 0.250. The number of nitrogens with zero attached hydrogens (tertiary/aromatic N) is 3. The van der Waals surface area contributed by atoms with Gasteiger partial charge in [0.15, 0.2) is 5.11 Å². The van der Waals surface area contributed by atoms with Crippen LogP contribution in [0.15, 0.2) is 53.4 Å². The highest BCUT2D eigenvalue weighted by Crippen LogP contribution is 2.21. The average molecular weight is 461 g/mol. The highest BCUT2D eigenvalue weighted by Gasteiger charge is 2.19. The molecule has 1 amide bonds. The molecule has 11 heteroatoms. The number of rotatable bonds is 6. The number of benzene rings is 2. The summed E-state index contributed by atoms with van der Waals surface area (Å²) in [5.41, 5.74) is 7.38. The van der Waals surface area contributed by atoms with Gasteiger partial charge in [-0.2, -0.15) is 0 Å². The van der Waals surface area contributed by atoms with E-state index in [-0.39, 0.29) is 22.3 Å². The molecule has 3 N–H and O–H groups in total. The number of fused-ring (bicyclic) bond motifs is 1. The predicted molar refractivity (Wildman–Crippen MR) is 124 cm³/mol. The number of amides is 1. The Hall–Kier alpha value is -3.02. The Bertz CT molecular complexity index is 1210. The minimum atomic E-state index is -3.54. The van der Waals surface area contributed by atoms with Gasteiger partial charge in [0.1, 0.15) is 5.82 Å². The SMILES string of the molecule is CN(C)S(=O)(=O)c1ccc2c(c1)nc(CCC(=O)NNC(=S)Nc1ccccc1)n2C. The third-order valence-electron chi connectivity index (χ3n) is 4.65. The molecule has 9 nitrogen and oxygen atoms in total. The first-order chi connectivity index (χ1) is 14.7. The van der Waals surface area contributed by atoms with Crippen LogP contribution in [0.3, 0.4) is 0 Å². The summed E-state index contributed by atoms with van der Waals surface area (Å²) in [4.78, 5) is 16.9. The molecule has 0 aliphatic heterocycles. The molecule has 31 heavy (non-hydrogen) atoms. The number of hydrogen-bond donors (Lipinski definition) is 3. The Balaban J connectivity index is 1.59. The van der Waals surface area contributed by atoms with E-state index in [2.05, 4.69) is 21.2 Å². The van der Waals surface area contributed by atoms with Crippen LogP contribution in [0, 0.1) is 0 Å². The number of hydrazine groups is 1. The van der Waals surface area contributed by atoms with Gasteiger partial charge in [-0.05, 0) is 42.5 Å². The van der Waals surface area contributed by atoms with Crippen LogP contribution in [-0.2, 0) is 28.3 Å². The van der Waals surface area contributed by atoms with Crippen LogP contribution < -0.4 is 16.2 Å². The molecule has 0 aliphatic rings. The first-order valence-corrected chi connectivity index (χ1v) is 11.3. The zero-order valence-electron chi connectivity index (χ0n) is 17.4. The molecule has 164 valence electrons. The molecule has 0 fully saturated rings. The Kier molecular flexibility index (Phi) is 6.88. The predicted octanol–water partition coefficient (Wildman–Crippen LogP) is 1.77. The molecule has 1 aromatic heterocycles. The van der Waals surface area contributed by atoms with Crippen LogP contribution >= 0.6 is 12.2 Å². The summed E-state index contributed by atoms with van der Waals surface area (Å²) in [6.45, 7) is 0. The molecule has 0 saturated carbocycles. The number of carbonyl (C=O) groups is 1. The summed E-state index contributed by atoms with van der Waals surface area (Å²) in [5, 5.41) is 3.23. The van der Waals surface area contributed by atoms with Crippen molar-refractivity contribution in [2.75, 3.05) is 19.4 Å². The fourth-order valence-electron chi connectivity index (χ4n) is 2.92. The van der Waals surface area contributed by atoms with Crippen molar-refractivity contribution in [3.63, 3.8) is 0 Å². The largest absolute Gasteiger partial charge is 0.331 e. The van der Waals surface area contributed by atoms with E-state index in [0.29, 0.717) is 17.8 Å². The number of hydrogen-bond acceptors (Lipinski definition) is 5. The first-order valence-electron chi connectivity index (χ1n) is 9.47. The van der Waals surface area contributed by atoms with E-state index in [4.69, 9.17) is 12.2 Å². The topological polar surface area (TPSA) is 108 Å². The van der Waals surface area contributed by atoms with Crippen molar-refractivity contribution in [1.29, 1.82) is 0 Å². The first kappa shape index (κ1) is 22.7.